The number of hydrogen-bond acceptors (Lipinski definition) is 4. The number of benzene rings is 1. The van der Waals surface area contributed by atoms with Crippen LogP contribution >= 0.6 is 0 Å². The average Bonchev–Trinajstić information content (AvgIpc) is 3.04. The molecule has 0 spiro atoms. The molecule has 3 fully saturated rings. The highest BCUT2D eigenvalue weighted by atomic mass is 16.2. The predicted octanol–water partition coefficient (Wildman–Crippen LogP) is 2.57. The van der Waals surface area contributed by atoms with Gasteiger partial charge in [-0.15, -0.1) is 0 Å². The van der Waals surface area contributed by atoms with Gasteiger partial charge in [-0.25, -0.2) is 0 Å². The molecule has 0 aliphatic carbocycles. The van der Waals surface area contributed by atoms with E-state index in [0.717, 1.165) is 44.6 Å². The molecule has 5 heteroatoms. The van der Waals surface area contributed by atoms with E-state index in [9.17, 15) is 4.79 Å². The monoisotopic (exact) mass is 370 g/mol. The van der Waals surface area contributed by atoms with Crippen LogP contribution in [0.1, 0.15) is 49.9 Å². The molecule has 4 rings (SSSR count). The second-order valence-electron chi connectivity index (χ2n) is 8.84. The number of amides is 1. The Hall–Kier alpha value is -1.59. The fraction of sp³-hybridized carbons (Fsp3) is 0.682. The molecule has 0 aromatic heterocycles. The zero-order valence-corrected chi connectivity index (χ0v) is 17.0. The lowest BCUT2D eigenvalue weighted by atomic mass is 9.98. The molecule has 2 unspecified atom stereocenters. The molecular weight excluding hydrogens is 336 g/mol. The molecule has 0 saturated carbocycles. The Morgan fingerprint density at radius 2 is 1.63 bits per heavy atom. The Bertz CT molecular complexity index is 639. The van der Waals surface area contributed by atoms with Crippen molar-refractivity contribution in [2.75, 3.05) is 38.1 Å². The zero-order chi connectivity index (χ0) is 19.0. The maximum absolute atomic E-state index is 13.0. The molecule has 27 heavy (non-hydrogen) atoms. The van der Waals surface area contributed by atoms with Crippen molar-refractivity contribution in [2.45, 2.75) is 63.7 Å². The summed E-state index contributed by atoms with van der Waals surface area (Å²) in [6, 6.07) is 10.5. The van der Waals surface area contributed by atoms with Crippen molar-refractivity contribution < 1.29 is 4.79 Å². The van der Waals surface area contributed by atoms with Gasteiger partial charge in [0.2, 0.25) is 0 Å². The van der Waals surface area contributed by atoms with E-state index >= 15 is 0 Å². The first-order valence-corrected chi connectivity index (χ1v) is 10.6. The molecule has 0 radical (unpaired) electrons. The summed E-state index contributed by atoms with van der Waals surface area (Å²) in [5, 5.41) is 3.66. The molecule has 3 aliphatic rings. The first-order chi connectivity index (χ1) is 13.0. The van der Waals surface area contributed by atoms with Gasteiger partial charge < -0.3 is 15.1 Å². The highest BCUT2D eigenvalue weighted by Crippen LogP contribution is 2.30. The topological polar surface area (TPSA) is 38.8 Å². The van der Waals surface area contributed by atoms with E-state index in [4.69, 9.17) is 0 Å². The molecule has 5 nitrogen and oxygen atoms in total. The third kappa shape index (κ3) is 3.99. The number of nitrogens with one attached hydrogen (secondary N) is 1. The van der Waals surface area contributed by atoms with E-state index in [1.165, 1.54) is 18.5 Å². The van der Waals surface area contributed by atoms with Crippen LogP contribution in [0.2, 0.25) is 0 Å². The number of fused-ring (bicyclic) bond motifs is 2. The SMILES string of the molecule is CC(C)N1CCN(c2ccc(C(=O)N(C)C3CC4CCC(C3)N4)cc2)CC1. The third-order valence-electron chi connectivity index (χ3n) is 6.84. The summed E-state index contributed by atoms with van der Waals surface area (Å²) < 4.78 is 0. The zero-order valence-electron chi connectivity index (χ0n) is 17.0. The smallest absolute Gasteiger partial charge is 0.253 e. The van der Waals surface area contributed by atoms with Gasteiger partial charge in [-0.05, 0) is 63.8 Å². The summed E-state index contributed by atoms with van der Waals surface area (Å²) >= 11 is 0. The third-order valence-corrected chi connectivity index (χ3v) is 6.84. The normalized spacial score (nSPS) is 28.6. The molecule has 1 N–H and O–H groups in total. The van der Waals surface area contributed by atoms with Crippen LogP contribution in [0.4, 0.5) is 5.69 Å². The van der Waals surface area contributed by atoms with Crippen molar-refractivity contribution in [1.29, 1.82) is 0 Å². The molecule has 1 amide bonds. The summed E-state index contributed by atoms with van der Waals surface area (Å²) in [6.45, 7) is 8.87. The Balaban J connectivity index is 1.36. The number of piperidine rings is 1. The van der Waals surface area contributed by atoms with Crippen LogP contribution in [-0.4, -0.2) is 73.1 Å². The minimum atomic E-state index is 0.164. The van der Waals surface area contributed by atoms with Gasteiger partial charge in [0, 0.05) is 68.6 Å². The van der Waals surface area contributed by atoms with Gasteiger partial charge in [0.05, 0.1) is 0 Å². The van der Waals surface area contributed by atoms with E-state index in [-0.39, 0.29) is 5.91 Å². The predicted molar refractivity (Wildman–Crippen MR) is 110 cm³/mol. The largest absolute Gasteiger partial charge is 0.369 e. The fourth-order valence-electron chi connectivity index (χ4n) is 5.02. The molecule has 3 heterocycles. The second-order valence-corrected chi connectivity index (χ2v) is 8.84. The Kier molecular flexibility index (Phi) is 5.42. The number of hydrogen-bond donors (Lipinski definition) is 1. The van der Waals surface area contributed by atoms with Crippen molar-refractivity contribution in [3.63, 3.8) is 0 Å². The number of piperazine rings is 1. The number of carbonyl (C=O) groups is 1. The van der Waals surface area contributed by atoms with E-state index < -0.39 is 0 Å². The van der Waals surface area contributed by atoms with Gasteiger partial charge in [0.25, 0.3) is 5.91 Å². The lowest BCUT2D eigenvalue weighted by Gasteiger charge is -2.38. The lowest BCUT2D eigenvalue weighted by Crippen LogP contribution is -2.49. The molecule has 2 bridgehead atoms. The highest BCUT2D eigenvalue weighted by molar-refractivity contribution is 5.94. The molecule has 3 aliphatic heterocycles. The van der Waals surface area contributed by atoms with Crippen LogP contribution in [0.5, 0.6) is 0 Å². The standard InChI is InChI=1S/C22H34N4O/c1-16(2)25-10-12-26(13-11-25)20-8-4-17(5-9-20)22(27)24(3)21-14-18-6-7-19(15-21)23-18/h4-5,8-9,16,18-19,21,23H,6-7,10-15H2,1-3H3. The van der Waals surface area contributed by atoms with Gasteiger partial charge in [-0.3, -0.25) is 9.69 Å². The number of anilines is 1. The molecule has 1 aromatic carbocycles. The summed E-state index contributed by atoms with van der Waals surface area (Å²) in [4.78, 5) is 19.9. The quantitative estimate of drug-likeness (QED) is 0.884. The summed E-state index contributed by atoms with van der Waals surface area (Å²) in [6.07, 6.45) is 4.72. The van der Waals surface area contributed by atoms with Crippen LogP contribution in [0, 0.1) is 0 Å². The molecular formula is C22H34N4O. The number of nitrogens with zero attached hydrogens (tertiary/aromatic N) is 3. The first-order valence-electron chi connectivity index (χ1n) is 10.6. The number of rotatable bonds is 4. The first kappa shape index (κ1) is 18.8. The lowest BCUT2D eigenvalue weighted by molar-refractivity contribution is 0.0681. The Labute approximate surface area is 163 Å². The van der Waals surface area contributed by atoms with Gasteiger partial charge in [-0.2, -0.15) is 0 Å². The van der Waals surface area contributed by atoms with Crippen LogP contribution in [0.25, 0.3) is 0 Å². The summed E-state index contributed by atoms with van der Waals surface area (Å²) in [5.74, 6) is 0.164. The fourth-order valence-corrected chi connectivity index (χ4v) is 5.02. The number of carbonyl (C=O) groups excluding carboxylic acids is 1. The second kappa shape index (κ2) is 7.80. The van der Waals surface area contributed by atoms with Crippen LogP contribution < -0.4 is 10.2 Å². The van der Waals surface area contributed by atoms with Crippen molar-refractivity contribution in [1.82, 2.24) is 15.1 Å². The maximum Gasteiger partial charge on any atom is 0.253 e. The molecule has 1 aromatic rings. The van der Waals surface area contributed by atoms with Crippen molar-refractivity contribution in [2.24, 2.45) is 0 Å². The minimum absolute atomic E-state index is 0.164. The average molecular weight is 371 g/mol. The molecule has 3 saturated heterocycles. The van der Waals surface area contributed by atoms with Gasteiger partial charge in [0.15, 0.2) is 0 Å². The van der Waals surface area contributed by atoms with E-state index in [2.05, 4.69) is 41.1 Å². The van der Waals surface area contributed by atoms with Crippen LogP contribution in [0.3, 0.4) is 0 Å². The highest BCUT2D eigenvalue weighted by Gasteiger charge is 2.36. The van der Waals surface area contributed by atoms with Crippen molar-refractivity contribution >= 4 is 11.6 Å². The van der Waals surface area contributed by atoms with Crippen LogP contribution in [0.15, 0.2) is 24.3 Å². The maximum atomic E-state index is 13.0. The summed E-state index contributed by atoms with van der Waals surface area (Å²) in [5.41, 5.74) is 2.05. The van der Waals surface area contributed by atoms with Crippen molar-refractivity contribution in [3.05, 3.63) is 29.8 Å². The van der Waals surface area contributed by atoms with Gasteiger partial charge >= 0.3 is 0 Å². The minimum Gasteiger partial charge on any atom is -0.369 e. The van der Waals surface area contributed by atoms with E-state index in [0.29, 0.717) is 24.2 Å². The van der Waals surface area contributed by atoms with Crippen molar-refractivity contribution in [3.8, 4) is 0 Å². The summed E-state index contributed by atoms with van der Waals surface area (Å²) in [7, 11) is 1.98. The van der Waals surface area contributed by atoms with Crippen LogP contribution in [-0.2, 0) is 0 Å². The Morgan fingerprint density at radius 1 is 1.04 bits per heavy atom. The van der Waals surface area contributed by atoms with Gasteiger partial charge in [0.1, 0.15) is 0 Å². The van der Waals surface area contributed by atoms with E-state index in [1.54, 1.807) is 0 Å². The Morgan fingerprint density at radius 3 is 2.19 bits per heavy atom. The molecule has 2 atom stereocenters. The molecule has 148 valence electrons. The van der Waals surface area contributed by atoms with Gasteiger partial charge in [-0.1, -0.05) is 0 Å². The van der Waals surface area contributed by atoms with E-state index in [1.807, 2.05) is 24.1 Å².